The molecule has 2 heterocycles. The predicted molar refractivity (Wildman–Crippen MR) is 57.0 cm³/mol. The van der Waals surface area contributed by atoms with Gasteiger partial charge in [-0.3, -0.25) is 4.79 Å². The third-order valence-electron chi connectivity index (χ3n) is 1.93. The maximum atomic E-state index is 12.5. The molecule has 0 aliphatic heterocycles. The largest absolute Gasteiger partial charge is 0.480 e. The lowest BCUT2D eigenvalue weighted by Gasteiger charge is -2.00. The standard InChI is InChI=1S/C9H9FN6O2/c10-6-1-11-9(12-2-6)13-3-7-4-16(15-14-7)5-8(17)18/h1-2,4H,3,5H2,(H,17,18)(H,11,12,13). The molecular weight excluding hydrogens is 243 g/mol. The van der Waals surface area contributed by atoms with E-state index >= 15 is 0 Å². The molecule has 2 aromatic rings. The molecule has 0 aliphatic carbocycles. The Bertz CT molecular complexity index is 540. The molecule has 0 aromatic carbocycles. The molecule has 8 nitrogen and oxygen atoms in total. The molecule has 0 fully saturated rings. The van der Waals surface area contributed by atoms with E-state index in [0.29, 0.717) is 5.69 Å². The van der Waals surface area contributed by atoms with Gasteiger partial charge < -0.3 is 10.4 Å². The summed E-state index contributed by atoms with van der Waals surface area (Å²) in [4.78, 5) is 17.8. The van der Waals surface area contributed by atoms with E-state index in [0.717, 1.165) is 12.4 Å². The molecule has 0 aliphatic rings. The van der Waals surface area contributed by atoms with Crippen LogP contribution in [0.3, 0.4) is 0 Å². The van der Waals surface area contributed by atoms with Gasteiger partial charge in [0.2, 0.25) is 5.95 Å². The summed E-state index contributed by atoms with van der Waals surface area (Å²) in [7, 11) is 0. The smallest absolute Gasteiger partial charge is 0.325 e. The van der Waals surface area contributed by atoms with Crippen molar-refractivity contribution in [2.75, 3.05) is 5.32 Å². The summed E-state index contributed by atoms with van der Waals surface area (Å²) in [5.41, 5.74) is 0.532. The number of aliphatic carboxylic acids is 1. The first kappa shape index (κ1) is 11.9. The van der Waals surface area contributed by atoms with Crippen LogP contribution in [0.1, 0.15) is 5.69 Å². The van der Waals surface area contributed by atoms with Crippen LogP contribution in [0.4, 0.5) is 10.3 Å². The minimum atomic E-state index is -0.999. The maximum absolute atomic E-state index is 12.5. The Labute approximate surface area is 100 Å². The van der Waals surface area contributed by atoms with Crippen LogP contribution >= 0.6 is 0 Å². The van der Waals surface area contributed by atoms with E-state index in [1.807, 2.05) is 0 Å². The van der Waals surface area contributed by atoms with Gasteiger partial charge in [0.05, 0.1) is 25.1 Å². The highest BCUT2D eigenvalue weighted by molar-refractivity contribution is 5.66. The summed E-state index contributed by atoms with van der Waals surface area (Å²) in [6, 6.07) is 0. The Morgan fingerprint density at radius 2 is 2.17 bits per heavy atom. The Morgan fingerprint density at radius 3 is 2.83 bits per heavy atom. The minimum absolute atomic E-state index is 0.250. The molecule has 0 saturated carbocycles. The highest BCUT2D eigenvalue weighted by Crippen LogP contribution is 2.01. The Morgan fingerprint density at radius 1 is 1.44 bits per heavy atom. The second-order valence-corrected chi connectivity index (χ2v) is 3.38. The molecule has 0 unspecified atom stereocenters. The van der Waals surface area contributed by atoms with E-state index in [9.17, 15) is 9.18 Å². The third kappa shape index (κ3) is 3.20. The fourth-order valence-electron chi connectivity index (χ4n) is 1.21. The number of hydrogen-bond acceptors (Lipinski definition) is 6. The molecule has 2 aromatic heterocycles. The second-order valence-electron chi connectivity index (χ2n) is 3.38. The van der Waals surface area contributed by atoms with Crippen molar-refractivity contribution in [2.24, 2.45) is 0 Å². The van der Waals surface area contributed by atoms with Crippen molar-refractivity contribution in [1.82, 2.24) is 25.0 Å². The monoisotopic (exact) mass is 252 g/mol. The van der Waals surface area contributed by atoms with E-state index in [1.165, 1.54) is 10.9 Å². The number of carbonyl (C=O) groups is 1. The average molecular weight is 252 g/mol. The summed E-state index contributed by atoms with van der Waals surface area (Å²) >= 11 is 0. The van der Waals surface area contributed by atoms with Crippen molar-refractivity contribution in [2.45, 2.75) is 13.1 Å². The topological polar surface area (TPSA) is 106 Å². The first-order valence-electron chi connectivity index (χ1n) is 4.96. The molecule has 94 valence electrons. The predicted octanol–water partition coefficient (Wildman–Crippen LogP) is -0.0961. The Hall–Kier alpha value is -2.58. The van der Waals surface area contributed by atoms with Crippen LogP contribution < -0.4 is 5.32 Å². The molecule has 2 N–H and O–H groups in total. The normalized spacial score (nSPS) is 10.3. The van der Waals surface area contributed by atoms with Crippen LogP contribution in [0, 0.1) is 5.82 Å². The minimum Gasteiger partial charge on any atom is -0.480 e. The van der Waals surface area contributed by atoms with Crippen molar-refractivity contribution in [3.63, 3.8) is 0 Å². The van der Waals surface area contributed by atoms with Crippen molar-refractivity contribution >= 4 is 11.9 Å². The van der Waals surface area contributed by atoms with E-state index in [2.05, 4.69) is 25.6 Å². The van der Waals surface area contributed by atoms with Gasteiger partial charge in [-0.15, -0.1) is 5.10 Å². The zero-order valence-corrected chi connectivity index (χ0v) is 9.12. The molecule has 0 spiro atoms. The fourth-order valence-corrected chi connectivity index (χ4v) is 1.21. The molecule has 2 rings (SSSR count). The second kappa shape index (κ2) is 5.17. The van der Waals surface area contributed by atoms with Crippen LogP contribution in [0.2, 0.25) is 0 Å². The lowest BCUT2D eigenvalue weighted by molar-refractivity contribution is -0.137. The van der Waals surface area contributed by atoms with Gasteiger partial charge in [-0.25, -0.2) is 19.0 Å². The lowest BCUT2D eigenvalue weighted by atomic mass is 10.4. The van der Waals surface area contributed by atoms with Crippen molar-refractivity contribution in [1.29, 1.82) is 0 Å². The molecule has 18 heavy (non-hydrogen) atoms. The van der Waals surface area contributed by atoms with Crippen molar-refractivity contribution in [3.05, 3.63) is 30.1 Å². The van der Waals surface area contributed by atoms with Crippen LogP contribution in [0.5, 0.6) is 0 Å². The van der Waals surface area contributed by atoms with Gasteiger partial charge >= 0.3 is 5.97 Å². The summed E-state index contributed by atoms with van der Waals surface area (Å²) in [6.07, 6.45) is 3.57. The Kier molecular flexibility index (Phi) is 3.41. The van der Waals surface area contributed by atoms with Gasteiger partial charge in [-0.05, 0) is 0 Å². The number of carboxylic acids is 1. The van der Waals surface area contributed by atoms with Gasteiger partial charge in [0.1, 0.15) is 12.2 Å². The summed E-state index contributed by atoms with van der Waals surface area (Å²) < 4.78 is 13.7. The number of nitrogens with one attached hydrogen (secondary N) is 1. The van der Waals surface area contributed by atoms with Gasteiger partial charge in [0, 0.05) is 0 Å². The summed E-state index contributed by atoms with van der Waals surface area (Å²) in [5.74, 6) is -1.27. The lowest BCUT2D eigenvalue weighted by Crippen LogP contribution is -2.09. The van der Waals surface area contributed by atoms with E-state index in [1.54, 1.807) is 0 Å². The molecule has 0 saturated heterocycles. The quantitative estimate of drug-likeness (QED) is 0.765. The first-order valence-corrected chi connectivity index (χ1v) is 4.96. The van der Waals surface area contributed by atoms with Crippen molar-refractivity contribution < 1.29 is 14.3 Å². The van der Waals surface area contributed by atoms with Crippen LogP contribution in [-0.4, -0.2) is 36.0 Å². The van der Waals surface area contributed by atoms with Crippen LogP contribution in [-0.2, 0) is 17.9 Å². The molecule has 0 radical (unpaired) electrons. The van der Waals surface area contributed by atoms with E-state index < -0.39 is 11.8 Å². The van der Waals surface area contributed by atoms with Gasteiger partial charge in [-0.1, -0.05) is 5.21 Å². The highest BCUT2D eigenvalue weighted by atomic mass is 19.1. The zero-order valence-electron chi connectivity index (χ0n) is 9.12. The molecular formula is C9H9FN6O2. The molecule has 0 bridgehead atoms. The molecule has 9 heteroatoms. The number of hydrogen-bond donors (Lipinski definition) is 2. The van der Waals surface area contributed by atoms with E-state index in [-0.39, 0.29) is 19.0 Å². The number of halogens is 1. The van der Waals surface area contributed by atoms with Crippen molar-refractivity contribution in [3.8, 4) is 0 Å². The number of rotatable bonds is 5. The number of aromatic nitrogens is 5. The Balaban J connectivity index is 1.92. The van der Waals surface area contributed by atoms with Gasteiger partial charge in [-0.2, -0.15) is 0 Å². The number of nitrogens with zero attached hydrogens (tertiary/aromatic N) is 5. The zero-order chi connectivity index (χ0) is 13.0. The summed E-state index contributed by atoms with van der Waals surface area (Å²) in [5, 5.41) is 18.7. The third-order valence-corrected chi connectivity index (χ3v) is 1.93. The van der Waals surface area contributed by atoms with Gasteiger partial charge in [0.15, 0.2) is 5.82 Å². The summed E-state index contributed by atoms with van der Waals surface area (Å²) in [6.45, 7) is 0.0191. The SMILES string of the molecule is O=C(O)Cn1cc(CNc2ncc(F)cn2)nn1. The van der Waals surface area contributed by atoms with E-state index in [4.69, 9.17) is 5.11 Å². The molecule has 0 atom stereocenters. The maximum Gasteiger partial charge on any atom is 0.325 e. The average Bonchev–Trinajstić information content (AvgIpc) is 2.75. The highest BCUT2D eigenvalue weighted by Gasteiger charge is 2.04. The molecule has 0 amide bonds. The van der Waals surface area contributed by atoms with Gasteiger partial charge in [0.25, 0.3) is 0 Å². The number of anilines is 1. The van der Waals surface area contributed by atoms with Crippen LogP contribution in [0.15, 0.2) is 18.6 Å². The van der Waals surface area contributed by atoms with Crippen LogP contribution in [0.25, 0.3) is 0 Å². The number of carboxylic acid groups (broad SMARTS) is 1. The first-order chi connectivity index (χ1) is 8.63. The fraction of sp³-hybridized carbons (Fsp3) is 0.222.